The predicted octanol–water partition coefficient (Wildman–Crippen LogP) is 2.31. The van der Waals surface area contributed by atoms with Crippen molar-refractivity contribution in [1.82, 2.24) is 10.3 Å². The third-order valence-electron chi connectivity index (χ3n) is 4.74. The van der Waals surface area contributed by atoms with E-state index >= 15 is 0 Å². The lowest BCUT2D eigenvalue weighted by Gasteiger charge is -2.27. The van der Waals surface area contributed by atoms with Gasteiger partial charge in [0.1, 0.15) is 5.56 Å². The van der Waals surface area contributed by atoms with Crippen molar-refractivity contribution in [2.45, 2.75) is 19.8 Å². The first-order valence-corrected chi connectivity index (χ1v) is 8.88. The van der Waals surface area contributed by atoms with Crippen molar-refractivity contribution in [2.24, 2.45) is 0 Å². The molecule has 7 nitrogen and oxygen atoms in total. The molecule has 1 aromatic heterocycles. The van der Waals surface area contributed by atoms with Gasteiger partial charge in [-0.05, 0) is 25.5 Å². The summed E-state index contributed by atoms with van der Waals surface area (Å²) in [7, 11) is 3.16. The number of ether oxygens (including phenoxy) is 2. The van der Waals surface area contributed by atoms with Crippen molar-refractivity contribution in [3.8, 4) is 11.5 Å². The van der Waals surface area contributed by atoms with Gasteiger partial charge in [0.25, 0.3) is 0 Å². The number of rotatable bonds is 5. The van der Waals surface area contributed by atoms with Gasteiger partial charge in [-0.2, -0.15) is 0 Å². The Labute approximate surface area is 152 Å². The van der Waals surface area contributed by atoms with Gasteiger partial charge in [0.2, 0.25) is 0 Å². The number of benzene rings is 1. The van der Waals surface area contributed by atoms with Gasteiger partial charge in [-0.15, -0.1) is 0 Å². The Morgan fingerprint density at radius 3 is 2.62 bits per heavy atom. The molecule has 1 aliphatic rings. The average Bonchev–Trinajstić information content (AvgIpc) is 2.94. The van der Waals surface area contributed by atoms with E-state index in [1.54, 1.807) is 14.2 Å². The van der Waals surface area contributed by atoms with Crippen LogP contribution in [0.15, 0.2) is 12.1 Å². The van der Waals surface area contributed by atoms with Gasteiger partial charge in [0.15, 0.2) is 11.5 Å². The van der Waals surface area contributed by atoms with E-state index in [1.165, 1.54) is 0 Å². The van der Waals surface area contributed by atoms with Crippen molar-refractivity contribution in [2.75, 3.05) is 45.3 Å². The summed E-state index contributed by atoms with van der Waals surface area (Å²) in [6.07, 6.45) is 1.50. The van der Waals surface area contributed by atoms with Crippen LogP contribution in [0, 0.1) is 0 Å². The number of nitrogens with one attached hydrogen (secondary N) is 1. The van der Waals surface area contributed by atoms with Gasteiger partial charge >= 0.3 is 5.97 Å². The van der Waals surface area contributed by atoms with Crippen LogP contribution < -0.4 is 19.7 Å². The molecule has 7 heteroatoms. The largest absolute Gasteiger partial charge is 0.493 e. The number of anilines is 1. The third-order valence-corrected chi connectivity index (χ3v) is 4.74. The van der Waals surface area contributed by atoms with Gasteiger partial charge in [0, 0.05) is 31.1 Å². The quantitative estimate of drug-likeness (QED) is 0.847. The van der Waals surface area contributed by atoms with Crippen LogP contribution in [0.1, 0.15) is 29.4 Å². The molecule has 3 rings (SSSR count). The van der Waals surface area contributed by atoms with E-state index in [4.69, 9.17) is 9.47 Å². The summed E-state index contributed by atoms with van der Waals surface area (Å²) < 4.78 is 10.8. The van der Waals surface area contributed by atoms with Crippen LogP contribution in [0.5, 0.6) is 11.5 Å². The number of pyridine rings is 1. The van der Waals surface area contributed by atoms with Crippen molar-refractivity contribution >= 4 is 22.6 Å². The van der Waals surface area contributed by atoms with Gasteiger partial charge < -0.3 is 24.8 Å². The summed E-state index contributed by atoms with van der Waals surface area (Å²) in [5, 5.41) is 14.1. The standard InChI is InChI=1S/C19H25N3O4/c1-4-13-17(19(23)24)18(22-8-5-6-20-7-9-22)12-10-15(25-2)16(26-3)11-14(12)21-13/h10-11,20H,4-9H2,1-3H3,(H,23,24). The Morgan fingerprint density at radius 2 is 1.96 bits per heavy atom. The highest BCUT2D eigenvalue weighted by atomic mass is 16.5. The van der Waals surface area contributed by atoms with E-state index in [0.717, 1.165) is 49.2 Å². The fraction of sp³-hybridized carbons (Fsp3) is 0.474. The predicted molar refractivity (Wildman–Crippen MR) is 101 cm³/mol. The maximum atomic E-state index is 12.1. The molecule has 0 spiro atoms. The number of carboxylic acid groups (broad SMARTS) is 1. The molecule has 2 aromatic rings. The number of carboxylic acids is 1. The molecule has 2 N–H and O–H groups in total. The van der Waals surface area contributed by atoms with Crippen molar-refractivity contribution in [3.05, 3.63) is 23.4 Å². The van der Waals surface area contributed by atoms with Crippen LogP contribution >= 0.6 is 0 Å². The number of aromatic nitrogens is 1. The molecule has 2 heterocycles. The number of fused-ring (bicyclic) bond motifs is 1. The zero-order valence-electron chi connectivity index (χ0n) is 15.5. The molecule has 0 amide bonds. The molecule has 140 valence electrons. The lowest BCUT2D eigenvalue weighted by molar-refractivity contribution is 0.0696. The van der Waals surface area contributed by atoms with E-state index in [0.29, 0.717) is 23.6 Å². The summed E-state index contributed by atoms with van der Waals surface area (Å²) in [6, 6.07) is 3.65. The van der Waals surface area contributed by atoms with Crippen LogP contribution in [0.25, 0.3) is 10.9 Å². The Hall–Kier alpha value is -2.54. The summed E-state index contributed by atoms with van der Waals surface area (Å²) >= 11 is 0. The summed E-state index contributed by atoms with van der Waals surface area (Å²) in [4.78, 5) is 18.9. The Morgan fingerprint density at radius 1 is 1.23 bits per heavy atom. The summed E-state index contributed by atoms with van der Waals surface area (Å²) in [5.74, 6) is 0.205. The maximum absolute atomic E-state index is 12.1. The highest BCUT2D eigenvalue weighted by molar-refractivity contribution is 6.06. The molecule has 26 heavy (non-hydrogen) atoms. The van der Waals surface area contributed by atoms with E-state index in [9.17, 15) is 9.90 Å². The highest BCUT2D eigenvalue weighted by Crippen LogP contribution is 2.39. The molecule has 1 aliphatic heterocycles. The minimum absolute atomic E-state index is 0.286. The summed E-state index contributed by atoms with van der Waals surface area (Å²) in [6.45, 7) is 5.22. The smallest absolute Gasteiger partial charge is 0.339 e. The fourth-order valence-corrected chi connectivity index (χ4v) is 3.50. The Kier molecular flexibility index (Phi) is 5.46. The maximum Gasteiger partial charge on any atom is 0.339 e. The second-order valence-corrected chi connectivity index (χ2v) is 6.26. The van der Waals surface area contributed by atoms with Crippen molar-refractivity contribution in [1.29, 1.82) is 0 Å². The lowest BCUT2D eigenvalue weighted by Crippen LogP contribution is -2.30. The molecule has 0 bridgehead atoms. The number of hydrogen-bond acceptors (Lipinski definition) is 6. The Bertz CT molecular complexity index is 814. The SMILES string of the molecule is CCc1nc2cc(OC)c(OC)cc2c(N2CCCNCC2)c1C(=O)O. The number of aryl methyl sites for hydroxylation is 1. The van der Waals surface area contributed by atoms with Crippen LogP contribution in [-0.4, -0.2) is 56.5 Å². The highest BCUT2D eigenvalue weighted by Gasteiger charge is 2.25. The molecule has 0 unspecified atom stereocenters. The number of hydrogen-bond donors (Lipinski definition) is 2. The molecule has 0 radical (unpaired) electrons. The minimum Gasteiger partial charge on any atom is -0.493 e. The van der Waals surface area contributed by atoms with Gasteiger partial charge in [-0.25, -0.2) is 4.79 Å². The molecule has 1 saturated heterocycles. The number of carbonyl (C=O) groups is 1. The van der Waals surface area contributed by atoms with Crippen molar-refractivity contribution in [3.63, 3.8) is 0 Å². The average molecular weight is 359 g/mol. The first-order chi connectivity index (χ1) is 12.6. The van der Waals surface area contributed by atoms with E-state index in [-0.39, 0.29) is 5.56 Å². The van der Waals surface area contributed by atoms with E-state index < -0.39 is 5.97 Å². The molecular weight excluding hydrogens is 334 g/mol. The summed E-state index contributed by atoms with van der Waals surface area (Å²) in [5.41, 5.74) is 2.32. The third kappa shape index (κ3) is 3.26. The normalized spacial score (nSPS) is 15.0. The Balaban J connectivity index is 2.34. The van der Waals surface area contributed by atoms with Crippen LogP contribution in [0.4, 0.5) is 5.69 Å². The number of aromatic carboxylic acids is 1. The fourth-order valence-electron chi connectivity index (χ4n) is 3.50. The zero-order valence-corrected chi connectivity index (χ0v) is 15.5. The minimum atomic E-state index is -0.946. The molecule has 1 fully saturated rings. The first-order valence-electron chi connectivity index (χ1n) is 8.88. The number of methoxy groups -OCH3 is 2. The molecule has 1 aromatic carbocycles. The zero-order chi connectivity index (χ0) is 18.7. The lowest BCUT2D eigenvalue weighted by atomic mass is 10.0. The second-order valence-electron chi connectivity index (χ2n) is 6.26. The molecule has 0 saturated carbocycles. The van der Waals surface area contributed by atoms with E-state index in [2.05, 4.69) is 15.2 Å². The van der Waals surface area contributed by atoms with Gasteiger partial charge in [-0.1, -0.05) is 6.92 Å². The molecule has 0 aliphatic carbocycles. The molecule has 0 atom stereocenters. The molecular formula is C19H25N3O4. The van der Waals surface area contributed by atoms with Crippen molar-refractivity contribution < 1.29 is 19.4 Å². The van der Waals surface area contributed by atoms with E-state index in [1.807, 2.05) is 19.1 Å². The van der Waals surface area contributed by atoms with Gasteiger partial charge in [0.05, 0.1) is 31.1 Å². The topological polar surface area (TPSA) is 83.9 Å². The monoisotopic (exact) mass is 359 g/mol. The first kappa shape index (κ1) is 18.3. The van der Waals surface area contributed by atoms with Crippen LogP contribution in [0.2, 0.25) is 0 Å². The second kappa shape index (κ2) is 7.78. The van der Waals surface area contributed by atoms with Crippen LogP contribution in [0.3, 0.4) is 0 Å². The van der Waals surface area contributed by atoms with Gasteiger partial charge in [-0.3, -0.25) is 4.98 Å². The number of nitrogens with zero attached hydrogens (tertiary/aromatic N) is 2. The van der Waals surface area contributed by atoms with Crippen LogP contribution in [-0.2, 0) is 6.42 Å².